The van der Waals surface area contributed by atoms with E-state index in [-0.39, 0.29) is 27.6 Å². The van der Waals surface area contributed by atoms with Gasteiger partial charge in [-0.2, -0.15) is 0 Å². The number of hydrogen-bond donors (Lipinski definition) is 0. The molecule has 1 heterocycles. The summed E-state index contributed by atoms with van der Waals surface area (Å²) in [4.78, 5) is 12.6. The van der Waals surface area contributed by atoms with Crippen molar-refractivity contribution in [3.8, 4) is 11.1 Å². The van der Waals surface area contributed by atoms with Crippen LogP contribution in [0.15, 0.2) is 64.9 Å². The Balaban J connectivity index is 2.24. The van der Waals surface area contributed by atoms with Crippen LogP contribution in [0, 0.1) is 0 Å². The molecule has 0 unspecified atom stereocenters. The molecule has 8 heteroatoms. The highest BCUT2D eigenvalue weighted by Crippen LogP contribution is 2.37. The maximum Gasteiger partial charge on any atom is 0.350 e. The van der Waals surface area contributed by atoms with Crippen LogP contribution in [0.3, 0.4) is 0 Å². The van der Waals surface area contributed by atoms with Gasteiger partial charge in [0.1, 0.15) is 11.6 Å². The summed E-state index contributed by atoms with van der Waals surface area (Å²) in [6.45, 7) is 5.99. The number of hydrogen-bond acceptors (Lipinski definition) is 6. The fourth-order valence-corrected chi connectivity index (χ4v) is 5.77. The second kappa shape index (κ2) is 9.44. The summed E-state index contributed by atoms with van der Waals surface area (Å²) in [7, 11) is -1.41. The van der Waals surface area contributed by atoms with E-state index in [9.17, 15) is 13.2 Å². The summed E-state index contributed by atoms with van der Waals surface area (Å²) in [5.41, 5.74) is 2.45. The molecule has 0 radical (unpaired) electrons. The molecule has 1 aromatic heterocycles. The average molecular weight is 474 g/mol. The Morgan fingerprint density at radius 2 is 1.72 bits per heavy atom. The van der Waals surface area contributed by atoms with E-state index in [1.54, 1.807) is 17.5 Å². The zero-order chi connectivity index (χ0) is 23.5. The van der Waals surface area contributed by atoms with Gasteiger partial charge in [0.15, 0.2) is 0 Å². The highest BCUT2D eigenvalue weighted by molar-refractivity contribution is 7.93. The molecular weight excluding hydrogens is 446 g/mol. The summed E-state index contributed by atoms with van der Waals surface area (Å²) < 4.78 is 39.0. The van der Waals surface area contributed by atoms with E-state index in [2.05, 4.69) is 20.8 Å². The lowest BCUT2D eigenvalue weighted by molar-refractivity contribution is 0.0607. The largest absolute Gasteiger partial charge is 0.465 e. The minimum absolute atomic E-state index is 0.135. The van der Waals surface area contributed by atoms with Crippen LogP contribution in [0.5, 0.6) is 0 Å². The maximum absolute atomic E-state index is 13.9. The van der Waals surface area contributed by atoms with Crippen molar-refractivity contribution in [1.82, 2.24) is 0 Å². The Kier molecular flexibility index (Phi) is 7.07. The van der Waals surface area contributed by atoms with Gasteiger partial charge in [0, 0.05) is 12.7 Å². The van der Waals surface area contributed by atoms with Gasteiger partial charge in [-0.25, -0.2) is 17.5 Å². The minimum atomic E-state index is -4.08. The van der Waals surface area contributed by atoms with E-state index >= 15 is 0 Å². The maximum atomic E-state index is 13.9. The number of carbonyl (C=O) groups is 1. The zero-order valence-corrected chi connectivity index (χ0v) is 20.4. The molecule has 170 valence electrons. The van der Waals surface area contributed by atoms with Gasteiger partial charge in [-0.3, -0.25) is 0 Å². The van der Waals surface area contributed by atoms with Crippen molar-refractivity contribution in [2.45, 2.75) is 31.1 Å². The lowest BCUT2D eigenvalue weighted by atomic mass is 9.85. The van der Waals surface area contributed by atoms with Crippen LogP contribution in [-0.2, 0) is 24.9 Å². The molecule has 0 saturated heterocycles. The van der Waals surface area contributed by atoms with Crippen molar-refractivity contribution in [3.63, 3.8) is 0 Å². The first-order chi connectivity index (χ1) is 15.1. The number of methoxy groups -OCH3 is 2. The van der Waals surface area contributed by atoms with Crippen LogP contribution in [0.2, 0.25) is 0 Å². The summed E-state index contributed by atoms with van der Waals surface area (Å²) in [5.74, 6) is -0.599. The van der Waals surface area contributed by atoms with Crippen molar-refractivity contribution in [2.24, 2.45) is 0 Å². The van der Waals surface area contributed by atoms with Gasteiger partial charge in [-0.05, 0) is 40.1 Å². The SMILES string of the molecule is COCN(c1ccsc1C(=O)OC)S(=O)(=O)c1ccc(C(C)(C)C)cc1-c1ccccc1. The van der Waals surface area contributed by atoms with E-state index in [4.69, 9.17) is 9.47 Å². The Bertz CT molecular complexity index is 1190. The molecular formula is C24H27NO5S2. The third kappa shape index (κ3) is 4.72. The van der Waals surface area contributed by atoms with Crippen LogP contribution >= 0.6 is 11.3 Å². The Labute approximate surface area is 193 Å². The van der Waals surface area contributed by atoms with Crippen molar-refractivity contribution in [1.29, 1.82) is 0 Å². The number of sulfonamides is 1. The van der Waals surface area contributed by atoms with Crippen LogP contribution in [-0.4, -0.2) is 35.3 Å². The summed E-state index contributed by atoms with van der Waals surface area (Å²) in [6, 6.07) is 16.4. The summed E-state index contributed by atoms with van der Waals surface area (Å²) >= 11 is 1.12. The topological polar surface area (TPSA) is 72.9 Å². The third-order valence-corrected chi connectivity index (χ3v) is 7.71. The van der Waals surface area contributed by atoms with E-state index < -0.39 is 16.0 Å². The summed E-state index contributed by atoms with van der Waals surface area (Å²) in [6.07, 6.45) is 0. The van der Waals surface area contributed by atoms with E-state index in [0.29, 0.717) is 5.56 Å². The number of ether oxygens (including phenoxy) is 2. The number of anilines is 1. The quantitative estimate of drug-likeness (QED) is 0.344. The van der Waals surface area contributed by atoms with Gasteiger partial charge in [0.25, 0.3) is 10.0 Å². The molecule has 6 nitrogen and oxygen atoms in total. The van der Waals surface area contributed by atoms with Crippen molar-refractivity contribution in [2.75, 3.05) is 25.3 Å². The van der Waals surface area contributed by atoms with Gasteiger partial charge < -0.3 is 9.47 Å². The molecule has 0 N–H and O–H groups in total. The van der Waals surface area contributed by atoms with E-state index in [1.165, 1.54) is 14.2 Å². The molecule has 3 rings (SSSR count). The number of thiophene rings is 1. The third-order valence-electron chi connectivity index (χ3n) is 5.03. The van der Waals surface area contributed by atoms with Crippen LogP contribution in [0.25, 0.3) is 11.1 Å². The highest BCUT2D eigenvalue weighted by Gasteiger charge is 2.32. The molecule has 0 atom stereocenters. The van der Waals surface area contributed by atoms with Gasteiger partial charge in [0.2, 0.25) is 0 Å². The van der Waals surface area contributed by atoms with Crippen molar-refractivity contribution in [3.05, 3.63) is 70.4 Å². The molecule has 2 aromatic carbocycles. The molecule has 0 aliphatic rings. The highest BCUT2D eigenvalue weighted by atomic mass is 32.2. The molecule has 32 heavy (non-hydrogen) atoms. The van der Waals surface area contributed by atoms with E-state index in [1.807, 2.05) is 42.5 Å². The van der Waals surface area contributed by atoms with Crippen LogP contribution in [0.4, 0.5) is 5.69 Å². The number of esters is 1. The van der Waals surface area contributed by atoms with E-state index in [0.717, 1.165) is 26.8 Å². The fraction of sp³-hybridized carbons (Fsp3) is 0.292. The van der Waals surface area contributed by atoms with Gasteiger partial charge in [-0.1, -0.05) is 57.2 Å². The monoisotopic (exact) mass is 473 g/mol. The first-order valence-electron chi connectivity index (χ1n) is 9.98. The summed E-state index contributed by atoms with van der Waals surface area (Å²) in [5, 5.41) is 1.65. The molecule has 0 saturated carbocycles. The molecule has 3 aromatic rings. The smallest absolute Gasteiger partial charge is 0.350 e. The fourth-order valence-electron chi connectivity index (χ4n) is 3.31. The number of nitrogens with zero attached hydrogens (tertiary/aromatic N) is 1. The lowest BCUT2D eigenvalue weighted by Gasteiger charge is -2.26. The normalized spacial score (nSPS) is 11.9. The predicted molar refractivity (Wildman–Crippen MR) is 128 cm³/mol. The van der Waals surface area contributed by atoms with Gasteiger partial charge in [-0.15, -0.1) is 11.3 Å². The number of rotatable bonds is 7. The lowest BCUT2D eigenvalue weighted by Crippen LogP contribution is -2.34. The number of carbonyl (C=O) groups excluding carboxylic acids is 1. The standard InChI is InChI=1S/C24H27NO5S2/c1-24(2,3)18-11-12-21(19(15-18)17-9-7-6-8-10-17)32(27,28)25(16-29-4)20-13-14-31-22(20)23(26)30-5/h6-15H,16H2,1-5H3. The second-order valence-corrected chi connectivity index (χ2v) is 11.0. The first kappa shape index (κ1) is 24.0. The molecule has 0 bridgehead atoms. The Hall–Kier alpha value is -2.68. The predicted octanol–water partition coefficient (Wildman–Crippen LogP) is 5.30. The minimum Gasteiger partial charge on any atom is -0.465 e. The number of benzene rings is 2. The van der Waals surface area contributed by atoms with Crippen LogP contribution in [0.1, 0.15) is 36.0 Å². The van der Waals surface area contributed by atoms with Crippen molar-refractivity contribution < 1.29 is 22.7 Å². The zero-order valence-electron chi connectivity index (χ0n) is 18.8. The van der Waals surface area contributed by atoms with Crippen LogP contribution < -0.4 is 4.31 Å². The Morgan fingerprint density at radius 3 is 2.31 bits per heavy atom. The molecule has 0 spiro atoms. The second-order valence-electron chi connectivity index (χ2n) is 8.22. The first-order valence-corrected chi connectivity index (χ1v) is 12.3. The van der Waals surface area contributed by atoms with Crippen molar-refractivity contribution >= 4 is 33.0 Å². The molecule has 0 fully saturated rings. The van der Waals surface area contributed by atoms with Gasteiger partial charge in [0.05, 0.1) is 17.7 Å². The average Bonchev–Trinajstić information content (AvgIpc) is 3.25. The Morgan fingerprint density at radius 1 is 1.03 bits per heavy atom. The molecule has 0 aliphatic carbocycles. The van der Waals surface area contributed by atoms with Gasteiger partial charge >= 0.3 is 5.97 Å². The molecule has 0 aliphatic heterocycles. The molecule has 0 amide bonds.